The summed E-state index contributed by atoms with van der Waals surface area (Å²) in [7, 11) is 0. The number of nitrogens with one attached hydrogen (secondary N) is 1. The van der Waals surface area contributed by atoms with Crippen molar-refractivity contribution in [2.24, 2.45) is 5.10 Å². The monoisotopic (exact) mass is 423 g/mol. The molecule has 1 aromatic carbocycles. The normalized spacial score (nSPS) is 11.9. The van der Waals surface area contributed by atoms with Crippen LogP contribution in [0.25, 0.3) is 0 Å². The molecule has 0 saturated carbocycles. The topological polar surface area (TPSA) is 103 Å². The van der Waals surface area contributed by atoms with E-state index in [0.29, 0.717) is 17.0 Å². The van der Waals surface area contributed by atoms with Gasteiger partial charge < -0.3 is 4.74 Å². The van der Waals surface area contributed by atoms with E-state index in [4.69, 9.17) is 4.74 Å². The molecule has 8 nitrogen and oxygen atoms in total. The number of hydrogen-bond donors (Lipinski definition) is 1. The van der Waals surface area contributed by atoms with Gasteiger partial charge in [0.15, 0.2) is 0 Å². The molecule has 0 radical (unpaired) electrons. The molecule has 0 amide bonds. The lowest BCUT2D eigenvalue weighted by atomic mass is 10.1. The van der Waals surface area contributed by atoms with Gasteiger partial charge in [0.1, 0.15) is 23.5 Å². The van der Waals surface area contributed by atoms with Crippen molar-refractivity contribution in [1.82, 2.24) is 9.97 Å². The zero-order chi connectivity index (χ0) is 21.0. The third-order valence-electron chi connectivity index (χ3n) is 3.51. The quantitative estimate of drug-likeness (QED) is 0.336. The van der Waals surface area contributed by atoms with Gasteiger partial charge >= 0.3 is 11.2 Å². The van der Waals surface area contributed by atoms with Crippen molar-refractivity contribution in [1.29, 1.82) is 0 Å². The molecular formula is C17H12F3N5O3S. The number of hydrazone groups is 1. The highest BCUT2D eigenvalue weighted by molar-refractivity contribution is 7.16. The zero-order valence-electron chi connectivity index (χ0n) is 14.7. The van der Waals surface area contributed by atoms with Crippen LogP contribution in [0.5, 0.6) is 10.9 Å². The van der Waals surface area contributed by atoms with Gasteiger partial charge in [-0.2, -0.15) is 18.3 Å². The average molecular weight is 423 g/mol. The maximum atomic E-state index is 12.7. The summed E-state index contributed by atoms with van der Waals surface area (Å²) in [5, 5.41) is 14.7. The number of benzene rings is 1. The first kappa shape index (κ1) is 20.2. The second kappa shape index (κ2) is 8.22. The van der Waals surface area contributed by atoms with E-state index in [1.165, 1.54) is 12.1 Å². The van der Waals surface area contributed by atoms with Gasteiger partial charge in [-0.3, -0.25) is 15.5 Å². The van der Waals surface area contributed by atoms with Crippen LogP contribution < -0.4 is 10.2 Å². The number of halogens is 3. The number of aromatic nitrogens is 2. The molecule has 0 bridgehead atoms. The molecule has 0 spiro atoms. The van der Waals surface area contributed by atoms with Crippen molar-refractivity contribution >= 4 is 27.9 Å². The Bertz CT molecular complexity index is 1050. The van der Waals surface area contributed by atoms with Gasteiger partial charge in [0.25, 0.3) is 5.19 Å². The zero-order valence-corrected chi connectivity index (χ0v) is 15.5. The Balaban J connectivity index is 1.66. The van der Waals surface area contributed by atoms with Gasteiger partial charge in [0.2, 0.25) is 0 Å². The number of rotatable bonds is 6. The Labute approximate surface area is 165 Å². The Morgan fingerprint density at radius 2 is 1.97 bits per heavy atom. The highest BCUT2D eigenvalue weighted by Crippen LogP contribution is 2.31. The number of thiazole rings is 1. The van der Waals surface area contributed by atoms with Gasteiger partial charge in [-0.05, 0) is 60.2 Å². The van der Waals surface area contributed by atoms with Gasteiger partial charge in [0.05, 0.1) is 10.6 Å². The molecule has 29 heavy (non-hydrogen) atoms. The van der Waals surface area contributed by atoms with Crippen LogP contribution in [0, 0.1) is 10.1 Å². The number of nitrogens with zero attached hydrogens (tertiary/aromatic N) is 4. The van der Waals surface area contributed by atoms with Crippen LogP contribution in [0.15, 0.2) is 53.8 Å². The van der Waals surface area contributed by atoms with Crippen LogP contribution in [0.1, 0.15) is 18.2 Å². The lowest BCUT2D eigenvalue weighted by molar-refractivity contribution is -0.380. The number of nitro groups is 1. The number of alkyl halides is 3. The van der Waals surface area contributed by atoms with Crippen LogP contribution in [-0.4, -0.2) is 20.6 Å². The van der Waals surface area contributed by atoms with Gasteiger partial charge in [-0.15, -0.1) is 0 Å². The summed E-state index contributed by atoms with van der Waals surface area (Å²) in [6.45, 7) is 1.67. The minimum absolute atomic E-state index is 0.0375. The van der Waals surface area contributed by atoms with Crippen LogP contribution in [0.2, 0.25) is 0 Å². The third-order valence-corrected chi connectivity index (χ3v) is 4.33. The fourth-order valence-electron chi connectivity index (χ4n) is 2.11. The molecule has 12 heteroatoms. The number of ether oxygens (including phenoxy) is 1. The fraction of sp³-hybridized carbons (Fsp3) is 0.118. The van der Waals surface area contributed by atoms with Crippen LogP contribution in [0.3, 0.4) is 0 Å². The van der Waals surface area contributed by atoms with Gasteiger partial charge in [-0.1, -0.05) is 6.07 Å². The predicted molar refractivity (Wildman–Crippen MR) is 100 cm³/mol. The lowest BCUT2D eigenvalue weighted by Gasteiger charge is -2.08. The van der Waals surface area contributed by atoms with E-state index in [-0.39, 0.29) is 16.0 Å². The van der Waals surface area contributed by atoms with E-state index in [9.17, 15) is 23.3 Å². The Kier molecular flexibility index (Phi) is 5.73. The van der Waals surface area contributed by atoms with Crippen LogP contribution in [0.4, 0.5) is 24.0 Å². The van der Waals surface area contributed by atoms with Crippen molar-refractivity contribution in [3.05, 3.63) is 70.0 Å². The number of anilines is 1. The molecular weight excluding hydrogens is 411 g/mol. The molecule has 3 rings (SSSR count). The molecule has 1 N–H and O–H groups in total. The summed E-state index contributed by atoms with van der Waals surface area (Å²) in [4.78, 5) is 17.4. The first-order chi connectivity index (χ1) is 13.7. The van der Waals surface area contributed by atoms with Gasteiger partial charge in [-0.25, -0.2) is 9.97 Å². The molecule has 0 aliphatic carbocycles. The van der Waals surface area contributed by atoms with Crippen molar-refractivity contribution in [3.63, 3.8) is 0 Å². The Morgan fingerprint density at radius 1 is 1.24 bits per heavy atom. The van der Waals surface area contributed by atoms with Crippen molar-refractivity contribution in [3.8, 4) is 10.9 Å². The molecule has 0 fully saturated rings. The maximum Gasteiger partial charge on any atom is 0.433 e. The van der Waals surface area contributed by atoms with Crippen LogP contribution in [-0.2, 0) is 6.18 Å². The van der Waals surface area contributed by atoms with E-state index in [1.807, 2.05) is 0 Å². The van der Waals surface area contributed by atoms with E-state index >= 15 is 0 Å². The van der Waals surface area contributed by atoms with E-state index < -0.39 is 16.8 Å². The first-order valence-electron chi connectivity index (χ1n) is 7.95. The highest BCUT2D eigenvalue weighted by atomic mass is 32.1. The Hall–Kier alpha value is -3.54. The largest absolute Gasteiger partial charge is 0.433 e. The molecule has 0 aliphatic heterocycles. The summed E-state index contributed by atoms with van der Waals surface area (Å²) in [6, 6.07) is 10.1. The van der Waals surface area contributed by atoms with E-state index in [0.717, 1.165) is 23.6 Å². The smallest absolute Gasteiger partial charge is 0.431 e. The molecule has 0 saturated heterocycles. The van der Waals surface area contributed by atoms with Gasteiger partial charge in [0, 0.05) is 0 Å². The summed E-state index contributed by atoms with van der Waals surface area (Å²) >= 11 is 0.802. The highest BCUT2D eigenvalue weighted by Gasteiger charge is 2.32. The molecule has 0 unspecified atom stereocenters. The lowest BCUT2D eigenvalue weighted by Crippen LogP contribution is -2.09. The molecule has 2 heterocycles. The molecule has 150 valence electrons. The van der Waals surface area contributed by atoms with Crippen molar-refractivity contribution in [2.45, 2.75) is 13.1 Å². The molecule has 2 aromatic heterocycles. The minimum atomic E-state index is -4.54. The standard InChI is InChI=1S/C17H12F3N5O3S/c1-10(23-24-14-4-2-3-13(22-14)17(18,19)20)11-5-7-12(8-6-11)28-16-21-9-15(29-16)25(26)27/h2-9H,1H3,(H,22,24). The molecule has 3 aromatic rings. The average Bonchev–Trinajstić information content (AvgIpc) is 3.15. The minimum Gasteiger partial charge on any atom is -0.431 e. The number of pyridine rings is 1. The molecule has 0 aliphatic rings. The fourth-order valence-corrected chi connectivity index (χ4v) is 2.71. The summed E-state index contributed by atoms with van der Waals surface area (Å²) in [6.07, 6.45) is -3.43. The second-order valence-electron chi connectivity index (χ2n) is 5.56. The van der Waals surface area contributed by atoms with Crippen LogP contribution >= 0.6 is 11.3 Å². The van der Waals surface area contributed by atoms with Crippen molar-refractivity contribution in [2.75, 3.05) is 5.43 Å². The van der Waals surface area contributed by atoms with Crippen molar-refractivity contribution < 1.29 is 22.8 Å². The van der Waals surface area contributed by atoms with E-state index in [2.05, 4.69) is 20.5 Å². The van der Waals surface area contributed by atoms with E-state index in [1.54, 1.807) is 31.2 Å². The molecule has 0 atom stereocenters. The summed E-state index contributed by atoms with van der Waals surface area (Å²) < 4.78 is 43.5. The first-order valence-corrected chi connectivity index (χ1v) is 8.77. The maximum absolute atomic E-state index is 12.7. The number of hydrogen-bond acceptors (Lipinski definition) is 8. The SMILES string of the molecule is CC(=NNc1cccc(C(F)(F)F)n1)c1ccc(Oc2ncc([N+](=O)[O-])s2)cc1. The summed E-state index contributed by atoms with van der Waals surface area (Å²) in [5.74, 6) is 0.378. The third kappa shape index (κ3) is 5.25. The Morgan fingerprint density at radius 3 is 2.59 bits per heavy atom. The predicted octanol–water partition coefficient (Wildman–Crippen LogP) is 5.09. The second-order valence-corrected chi connectivity index (χ2v) is 6.53. The summed E-state index contributed by atoms with van der Waals surface area (Å²) in [5.41, 5.74) is 2.67.